The van der Waals surface area contributed by atoms with E-state index in [2.05, 4.69) is 5.32 Å². The van der Waals surface area contributed by atoms with E-state index in [1.165, 1.54) is 0 Å². The molecular formula is C15H20N2O2. The molecule has 1 amide bonds. The molecule has 0 saturated heterocycles. The van der Waals surface area contributed by atoms with Crippen LogP contribution in [0.5, 0.6) is 0 Å². The lowest BCUT2D eigenvalue weighted by molar-refractivity contribution is -0.122. The fourth-order valence-corrected chi connectivity index (χ4v) is 2.39. The second-order valence-electron chi connectivity index (χ2n) is 5.22. The summed E-state index contributed by atoms with van der Waals surface area (Å²) in [5.74, 6) is 0.155. The summed E-state index contributed by atoms with van der Waals surface area (Å²) in [6.45, 7) is 6.36. The van der Waals surface area contributed by atoms with Gasteiger partial charge in [0.25, 0.3) is 0 Å². The average Bonchev–Trinajstić information content (AvgIpc) is 2.38. The van der Waals surface area contributed by atoms with E-state index in [1.54, 1.807) is 0 Å². The van der Waals surface area contributed by atoms with Gasteiger partial charge in [-0.3, -0.25) is 9.59 Å². The van der Waals surface area contributed by atoms with Crippen molar-refractivity contribution in [3.8, 4) is 0 Å². The van der Waals surface area contributed by atoms with Gasteiger partial charge in [-0.25, -0.2) is 0 Å². The van der Waals surface area contributed by atoms with E-state index in [0.29, 0.717) is 13.0 Å². The first-order valence-corrected chi connectivity index (χ1v) is 6.70. The van der Waals surface area contributed by atoms with E-state index in [0.717, 1.165) is 11.3 Å². The third kappa shape index (κ3) is 2.78. The molecule has 0 radical (unpaired) electrons. The summed E-state index contributed by atoms with van der Waals surface area (Å²) in [7, 11) is 0. The number of carbonyl (C=O) groups excluding carboxylic acids is 2. The Bertz CT molecular complexity index is 497. The Morgan fingerprint density at radius 1 is 1.26 bits per heavy atom. The van der Waals surface area contributed by atoms with Gasteiger partial charge in [-0.05, 0) is 32.9 Å². The smallest absolute Gasteiger partial charge is 0.242 e. The summed E-state index contributed by atoms with van der Waals surface area (Å²) < 4.78 is 0. The highest BCUT2D eigenvalue weighted by molar-refractivity contribution is 6.04. The third-order valence-electron chi connectivity index (χ3n) is 3.37. The first-order chi connectivity index (χ1) is 9.00. The standard InChI is InChI=1S/C15H20N2O2/c1-10(2)16-15(19)11(3)17-9-8-14(18)12-6-4-5-7-13(12)17/h4-7,10-11H,8-9H2,1-3H3,(H,16,19). The second kappa shape index (κ2) is 5.43. The normalized spacial score (nSPS) is 16.2. The molecule has 2 rings (SSSR count). The highest BCUT2D eigenvalue weighted by atomic mass is 16.2. The Balaban J connectivity index is 2.25. The number of benzene rings is 1. The quantitative estimate of drug-likeness (QED) is 0.904. The summed E-state index contributed by atoms with van der Waals surface area (Å²) in [6, 6.07) is 7.35. The fraction of sp³-hybridized carbons (Fsp3) is 0.467. The van der Waals surface area contributed by atoms with Crippen molar-refractivity contribution in [3.05, 3.63) is 29.8 Å². The molecule has 1 atom stereocenters. The van der Waals surface area contributed by atoms with Crippen LogP contribution in [0.2, 0.25) is 0 Å². The molecule has 4 heteroatoms. The van der Waals surface area contributed by atoms with Gasteiger partial charge in [-0.2, -0.15) is 0 Å². The van der Waals surface area contributed by atoms with Gasteiger partial charge in [0.2, 0.25) is 5.91 Å². The zero-order chi connectivity index (χ0) is 14.0. The number of hydrogen-bond acceptors (Lipinski definition) is 3. The number of amides is 1. The molecule has 1 aromatic carbocycles. The van der Waals surface area contributed by atoms with Gasteiger partial charge in [-0.1, -0.05) is 12.1 Å². The Morgan fingerprint density at radius 2 is 1.95 bits per heavy atom. The molecular weight excluding hydrogens is 240 g/mol. The van der Waals surface area contributed by atoms with Crippen LogP contribution in [0.4, 0.5) is 5.69 Å². The predicted molar refractivity (Wildman–Crippen MR) is 75.5 cm³/mol. The van der Waals surface area contributed by atoms with Crippen LogP contribution in [0, 0.1) is 0 Å². The Labute approximate surface area is 113 Å². The van der Waals surface area contributed by atoms with E-state index in [-0.39, 0.29) is 23.8 Å². The van der Waals surface area contributed by atoms with Crippen molar-refractivity contribution < 1.29 is 9.59 Å². The summed E-state index contributed by atoms with van der Waals surface area (Å²) in [5.41, 5.74) is 1.59. The zero-order valence-electron chi connectivity index (χ0n) is 11.6. The number of carbonyl (C=O) groups is 2. The first-order valence-electron chi connectivity index (χ1n) is 6.70. The number of nitrogens with zero attached hydrogens (tertiary/aromatic N) is 1. The summed E-state index contributed by atoms with van der Waals surface area (Å²) in [5, 5.41) is 2.92. The first kappa shape index (κ1) is 13.6. The zero-order valence-corrected chi connectivity index (χ0v) is 11.6. The number of nitrogens with one attached hydrogen (secondary N) is 1. The van der Waals surface area contributed by atoms with Gasteiger partial charge >= 0.3 is 0 Å². The van der Waals surface area contributed by atoms with Crippen LogP contribution in [-0.4, -0.2) is 30.3 Å². The number of rotatable bonds is 3. The molecule has 0 aliphatic carbocycles. The molecule has 102 valence electrons. The molecule has 19 heavy (non-hydrogen) atoms. The SMILES string of the molecule is CC(C)NC(=O)C(C)N1CCC(=O)c2ccccc21. The minimum Gasteiger partial charge on any atom is -0.359 e. The largest absolute Gasteiger partial charge is 0.359 e. The molecule has 0 fully saturated rings. The molecule has 1 heterocycles. The van der Waals surface area contributed by atoms with Crippen LogP contribution in [0.3, 0.4) is 0 Å². The molecule has 0 aromatic heterocycles. The molecule has 0 spiro atoms. The fourth-order valence-electron chi connectivity index (χ4n) is 2.39. The Morgan fingerprint density at radius 3 is 2.63 bits per heavy atom. The summed E-state index contributed by atoms with van der Waals surface area (Å²) in [4.78, 5) is 26.0. The maximum absolute atomic E-state index is 12.1. The number of anilines is 1. The van der Waals surface area contributed by atoms with E-state index in [1.807, 2.05) is 49.9 Å². The van der Waals surface area contributed by atoms with Crippen molar-refractivity contribution in [1.29, 1.82) is 0 Å². The van der Waals surface area contributed by atoms with E-state index < -0.39 is 0 Å². The van der Waals surface area contributed by atoms with Crippen LogP contribution in [0.1, 0.15) is 37.6 Å². The second-order valence-corrected chi connectivity index (χ2v) is 5.22. The lowest BCUT2D eigenvalue weighted by Gasteiger charge is -2.35. The molecule has 0 saturated carbocycles. The van der Waals surface area contributed by atoms with Crippen LogP contribution >= 0.6 is 0 Å². The number of Topliss-reactive ketones (excluding diaryl/α,β-unsaturated/α-hetero) is 1. The van der Waals surface area contributed by atoms with Crippen molar-refractivity contribution in [3.63, 3.8) is 0 Å². The number of hydrogen-bond donors (Lipinski definition) is 1. The maximum Gasteiger partial charge on any atom is 0.242 e. The molecule has 1 N–H and O–H groups in total. The number of fused-ring (bicyclic) bond motifs is 1. The van der Waals surface area contributed by atoms with Gasteiger partial charge < -0.3 is 10.2 Å². The minimum absolute atomic E-state index is 0.000785. The van der Waals surface area contributed by atoms with Crippen molar-refractivity contribution >= 4 is 17.4 Å². The van der Waals surface area contributed by atoms with Crippen LogP contribution in [-0.2, 0) is 4.79 Å². The monoisotopic (exact) mass is 260 g/mol. The summed E-state index contributed by atoms with van der Waals surface area (Å²) in [6.07, 6.45) is 0.469. The van der Waals surface area contributed by atoms with Crippen molar-refractivity contribution in [1.82, 2.24) is 5.32 Å². The topological polar surface area (TPSA) is 49.4 Å². The lowest BCUT2D eigenvalue weighted by atomic mass is 9.99. The Kier molecular flexibility index (Phi) is 3.88. The Hall–Kier alpha value is -1.84. The van der Waals surface area contributed by atoms with Crippen molar-refractivity contribution in [2.75, 3.05) is 11.4 Å². The highest BCUT2D eigenvalue weighted by Crippen LogP contribution is 2.28. The van der Waals surface area contributed by atoms with Crippen molar-refractivity contribution in [2.45, 2.75) is 39.3 Å². The van der Waals surface area contributed by atoms with Gasteiger partial charge in [-0.15, -0.1) is 0 Å². The van der Waals surface area contributed by atoms with E-state index in [9.17, 15) is 9.59 Å². The van der Waals surface area contributed by atoms with Crippen LogP contribution in [0.25, 0.3) is 0 Å². The van der Waals surface area contributed by atoms with Gasteiger partial charge in [0.05, 0.1) is 0 Å². The molecule has 1 aliphatic heterocycles. The summed E-state index contributed by atoms with van der Waals surface area (Å²) >= 11 is 0. The van der Waals surface area contributed by atoms with E-state index >= 15 is 0 Å². The molecule has 1 unspecified atom stereocenters. The van der Waals surface area contributed by atoms with Crippen LogP contribution in [0.15, 0.2) is 24.3 Å². The lowest BCUT2D eigenvalue weighted by Crippen LogP contribution is -2.49. The molecule has 1 aliphatic rings. The number of para-hydroxylation sites is 1. The predicted octanol–water partition coefficient (Wildman–Crippen LogP) is 1.99. The third-order valence-corrected chi connectivity index (χ3v) is 3.37. The van der Waals surface area contributed by atoms with Gasteiger partial charge in [0.1, 0.15) is 6.04 Å². The average molecular weight is 260 g/mol. The highest BCUT2D eigenvalue weighted by Gasteiger charge is 2.29. The van der Waals surface area contributed by atoms with E-state index in [4.69, 9.17) is 0 Å². The maximum atomic E-state index is 12.1. The molecule has 1 aromatic rings. The molecule has 0 bridgehead atoms. The molecule has 4 nitrogen and oxygen atoms in total. The van der Waals surface area contributed by atoms with Gasteiger partial charge in [0.15, 0.2) is 5.78 Å². The minimum atomic E-state index is -0.267. The number of ketones is 1. The van der Waals surface area contributed by atoms with Gasteiger partial charge in [0, 0.05) is 30.3 Å². The van der Waals surface area contributed by atoms with Crippen LogP contribution < -0.4 is 10.2 Å². The van der Waals surface area contributed by atoms with Crippen molar-refractivity contribution in [2.24, 2.45) is 0 Å².